The molecule has 2 amide bonds. The van der Waals surface area contributed by atoms with Crippen molar-refractivity contribution in [2.75, 3.05) is 10.2 Å². The number of benzene rings is 3. The number of hydrogen-bond acceptors (Lipinski definition) is 4. The Balaban J connectivity index is 1.78. The lowest BCUT2D eigenvalue weighted by Crippen LogP contribution is -2.32. The summed E-state index contributed by atoms with van der Waals surface area (Å²) >= 11 is 7.40. The summed E-state index contributed by atoms with van der Waals surface area (Å²) in [4.78, 5) is 29.2. The topological polar surface area (TPSA) is 49.4 Å². The molecule has 1 heterocycles. The van der Waals surface area contributed by atoms with Gasteiger partial charge < -0.3 is 5.32 Å². The predicted octanol–water partition coefficient (Wildman–Crippen LogP) is 6.25. The first kappa shape index (κ1) is 21.2. The van der Waals surface area contributed by atoms with Crippen molar-refractivity contribution < 1.29 is 9.59 Å². The summed E-state index contributed by atoms with van der Waals surface area (Å²) in [6, 6.07) is 20.5. The zero-order valence-electron chi connectivity index (χ0n) is 17.4. The minimum atomic E-state index is -0.400. The summed E-state index contributed by atoms with van der Waals surface area (Å²) in [5.41, 5.74) is 4.76. The molecular weight excluding hydrogens is 428 g/mol. The number of halogens is 1. The lowest BCUT2D eigenvalue weighted by molar-refractivity contribution is -0.120. The van der Waals surface area contributed by atoms with Crippen molar-refractivity contribution in [1.82, 2.24) is 0 Å². The summed E-state index contributed by atoms with van der Waals surface area (Å²) in [6.45, 7) is 6.00. The third kappa shape index (κ3) is 4.24. The third-order valence-electron chi connectivity index (χ3n) is 5.21. The summed E-state index contributed by atoms with van der Waals surface area (Å²) < 4.78 is 0. The van der Waals surface area contributed by atoms with E-state index in [-0.39, 0.29) is 11.6 Å². The van der Waals surface area contributed by atoms with Crippen molar-refractivity contribution in [3.8, 4) is 0 Å². The van der Waals surface area contributed by atoms with E-state index in [2.05, 4.69) is 5.32 Å². The van der Waals surface area contributed by atoms with Crippen LogP contribution in [0.5, 0.6) is 0 Å². The summed E-state index contributed by atoms with van der Waals surface area (Å²) in [6.07, 6.45) is 0. The molecule has 1 aliphatic heterocycles. The molecule has 31 heavy (non-hydrogen) atoms. The lowest BCUT2D eigenvalue weighted by Gasteiger charge is -2.16. The average Bonchev–Trinajstić information content (AvgIpc) is 2.97. The highest BCUT2D eigenvalue weighted by molar-refractivity contribution is 8.04. The van der Waals surface area contributed by atoms with E-state index in [4.69, 9.17) is 11.6 Å². The number of hydrogen-bond donors (Lipinski definition) is 1. The van der Waals surface area contributed by atoms with Gasteiger partial charge >= 0.3 is 0 Å². The number of carbonyl (C=O) groups excluding carboxylic acids is 2. The first-order valence-corrected chi connectivity index (χ1v) is 11.0. The van der Waals surface area contributed by atoms with Crippen LogP contribution in [0.4, 0.5) is 11.4 Å². The first-order chi connectivity index (χ1) is 14.8. The van der Waals surface area contributed by atoms with Gasteiger partial charge in [0.2, 0.25) is 0 Å². The number of amides is 2. The van der Waals surface area contributed by atoms with E-state index in [1.807, 2.05) is 63.2 Å². The summed E-state index contributed by atoms with van der Waals surface area (Å²) in [7, 11) is 0. The van der Waals surface area contributed by atoms with Gasteiger partial charge in [-0.15, -0.1) is 0 Å². The Kier molecular flexibility index (Phi) is 5.90. The van der Waals surface area contributed by atoms with E-state index in [0.717, 1.165) is 27.3 Å². The highest BCUT2D eigenvalue weighted by Gasteiger charge is 2.40. The second-order valence-electron chi connectivity index (χ2n) is 7.42. The maximum atomic E-state index is 13.4. The van der Waals surface area contributed by atoms with Crippen LogP contribution in [0.3, 0.4) is 0 Å². The molecule has 3 aromatic rings. The SMILES string of the molecule is Cc1ccc(SC2=C(Nc3cccc(C)c3C)C(=O)N(c3cccc(Cl)c3)C2=O)cc1. The first-order valence-electron chi connectivity index (χ1n) is 9.81. The van der Waals surface area contributed by atoms with E-state index in [1.165, 1.54) is 16.7 Å². The third-order valence-corrected chi connectivity index (χ3v) is 6.54. The van der Waals surface area contributed by atoms with Crippen LogP contribution in [0, 0.1) is 20.8 Å². The number of imide groups is 1. The zero-order valence-corrected chi connectivity index (χ0v) is 19.0. The largest absolute Gasteiger partial charge is 0.350 e. The van der Waals surface area contributed by atoms with Gasteiger partial charge in [0.15, 0.2) is 0 Å². The molecule has 0 aromatic heterocycles. The van der Waals surface area contributed by atoms with Crippen LogP contribution in [0.1, 0.15) is 16.7 Å². The smallest absolute Gasteiger partial charge is 0.283 e. The van der Waals surface area contributed by atoms with Crippen LogP contribution in [-0.2, 0) is 9.59 Å². The van der Waals surface area contributed by atoms with Crippen LogP contribution in [0.15, 0.2) is 82.2 Å². The Morgan fingerprint density at radius 2 is 1.58 bits per heavy atom. The molecule has 1 N–H and O–H groups in total. The predicted molar refractivity (Wildman–Crippen MR) is 128 cm³/mol. The zero-order chi connectivity index (χ0) is 22.1. The van der Waals surface area contributed by atoms with Gasteiger partial charge in [-0.05, 0) is 68.3 Å². The molecule has 0 spiro atoms. The summed E-state index contributed by atoms with van der Waals surface area (Å²) in [5, 5.41) is 3.70. The Labute approximate surface area is 190 Å². The molecule has 0 saturated carbocycles. The number of nitrogens with one attached hydrogen (secondary N) is 1. The van der Waals surface area contributed by atoms with Crippen molar-refractivity contribution >= 4 is 46.6 Å². The molecule has 0 fully saturated rings. The molecule has 0 bridgehead atoms. The van der Waals surface area contributed by atoms with Crippen molar-refractivity contribution in [2.24, 2.45) is 0 Å². The van der Waals surface area contributed by atoms with E-state index >= 15 is 0 Å². The molecular formula is C25H21ClN2O2S. The van der Waals surface area contributed by atoms with Crippen LogP contribution < -0.4 is 10.2 Å². The standard InChI is InChI=1S/C25H21ClN2O2S/c1-15-10-12-20(13-11-15)31-23-22(27-21-9-4-6-16(2)17(21)3)24(29)28(25(23)30)19-8-5-7-18(26)14-19/h4-14,27H,1-3H3. The van der Waals surface area contributed by atoms with Crippen molar-refractivity contribution in [1.29, 1.82) is 0 Å². The van der Waals surface area contributed by atoms with Crippen molar-refractivity contribution in [3.05, 3.63) is 99.0 Å². The van der Waals surface area contributed by atoms with Gasteiger partial charge in [0, 0.05) is 15.6 Å². The molecule has 6 heteroatoms. The molecule has 3 aromatic carbocycles. The number of thioether (sulfide) groups is 1. The normalized spacial score (nSPS) is 13.9. The molecule has 0 unspecified atom stereocenters. The van der Waals surface area contributed by atoms with Crippen LogP contribution in [0.2, 0.25) is 5.02 Å². The van der Waals surface area contributed by atoms with E-state index in [0.29, 0.717) is 15.6 Å². The highest BCUT2D eigenvalue weighted by Crippen LogP contribution is 2.38. The second kappa shape index (κ2) is 8.61. The molecule has 0 saturated heterocycles. The number of nitrogens with zero attached hydrogens (tertiary/aromatic N) is 1. The van der Waals surface area contributed by atoms with Crippen LogP contribution in [0.25, 0.3) is 0 Å². The van der Waals surface area contributed by atoms with Gasteiger partial charge in [-0.3, -0.25) is 9.59 Å². The Morgan fingerprint density at radius 3 is 2.29 bits per heavy atom. The fraction of sp³-hybridized carbons (Fsp3) is 0.120. The van der Waals surface area contributed by atoms with E-state index in [9.17, 15) is 9.59 Å². The van der Waals surface area contributed by atoms with Gasteiger partial charge in [0.25, 0.3) is 11.8 Å². The van der Waals surface area contributed by atoms with Gasteiger partial charge in [0.05, 0.1) is 5.69 Å². The molecule has 4 nitrogen and oxygen atoms in total. The van der Waals surface area contributed by atoms with Crippen LogP contribution >= 0.6 is 23.4 Å². The molecule has 1 aliphatic rings. The molecule has 0 radical (unpaired) electrons. The molecule has 4 rings (SSSR count). The molecule has 156 valence electrons. The van der Waals surface area contributed by atoms with Crippen LogP contribution in [-0.4, -0.2) is 11.8 Å². The minimum absolute atomic E-state index is 0.268. The quantitative estimate of drug-likeness (QED) is 0.468. The number of carbonyl (C=O) groups is 2. The fourth-order valence-corrected chi connectivity index (χ4v) is 4.42. The van der Waals surface area contributed by atoms with Gasteiger partial charge in [-0.1, -0.05) is 59.3 Å². The molecule has 0 atom stereocenters. The van der Waals surface area contributed by atoms with Gasteiger partial charge in [0.1, 0.15) is 10.6 Å². The van der Waals surface area contributed by atoms with E-state index in [1.54, 1.807) is 24.3 Å². The highest BCUT2D eigenvalue weighted by atomic mass is 35.5. The number of aryl methyl sites for hydroxylation is 2. The van der Waals surface area contributed by atoms with Gasteiger partial charge in [-0.2, -0.15) is 0 Å². The lowest BCUT2D eigenvalue weighted by atomic mass is 10.1. The number of anilines is 2. The van der Waals surface area contributed by atoms with Crippen molar-refractivity contribution in [3.63, 3.8) is 0 Å². The average molecular weight is 449 g/mol. The maximum Gasteiger partial charge on any atom is 0.283 e. The Hall–Kier alpha value is -3.02. The second-order valence-corrected chi connectivity index (χ2v) is 8.94. The molecule has 0 aliphatic carbocycles. The monoisotopic (exact) mass is 448 g/mol. The Bertz CT molecular complexity index is 1220. The maximum absolute atomic E-state index is 13.4. The van der Waals surface area contributed by atoms with Crippen molar-refractivity contribution in [2.45, 2.75) is 25.7 Å². The number of rotatable bonds is 5. The minimum Gasteiger partial charge on any atom is -0.350 e. The summed E-state index contributed by atoms with van der Waals surface area (Å²) in [5.74, 6) is -0.770. The van der Waals surface area contributed by atoms with Gasteiger partial charge in [-0.25, -0.2) is 4.90 Å². The van der Waals surface area contributed by atoms with E-state index < -0.39 is 5.91 Å². The Morgan fingerprint density at radius 1 is 0.871 bits per heavy atom. The fourth-order valence-electron chi connectivity index (χ4n) is 3.31.